The molecule has 124 valence electrons. The van der Waals surface area contributed by atoms with E-state index in [0.29, 0.717) is 16.6 Å². The molecule has 2 aliphatic carbocycles. The molecule has 0 aromatic carbocycles. The largest absolute Gasteiger partial charge is 0.338 e. The standard InChI is InChI=1S/C17H24N4OS/c1-20-16(18-19-17(20)23)13-3-2-8-21(10-13)15(22)9-14(11-4-5-11)12-6-7-12/h9,11-13H,2-8,10H2,1H3,(H,19,23). The number of piperidine rings is 1. The first-order valence-corrected chi connectivity index (χ1v) is 9.16. The average molecular weight is 332 g/mol. The van der Waals surface area contributed by atoms with Gasteiger partial charge in [-0.3, -0.25) is 9.89 Å². The molecule has 2 heterocycles. The predicted octanol–water partition coefficient (Wildman–Crippen LogP) is 2.93. The van der Waals surface area contributed by atoms with E-state index in [9.17, 15) is 4.79 Å². The van der Waals surface area contributed by atoms with Gasteiger partial charge in [-0.05, 0) is 62.6 Å². The van der Waals surface area contributed by atoms with Crippen molar-refractivity contribution in [3.8, 4) is 0 Å². The van der Waals surface area contributed by atoms with E-state index in [4.69, 9.17) is 12.2 Å². The number of amides is 1. The Bertz CT molecular complexity index is 682. The fraction of sp³-hybridized carbons (Fsp3) is 0.706. The van der Waals surface area contributed by atoms with Crippen LogP contribution < -0.4 is 0 Å². The summed E-state index contributed by atoms with van der Waals surface area (Å²) in [5.41, 5.74) is 1.44. The Morgan fingerprint density at radius 1 is 1.26 bits per heavy atom. The van der Waals surface area contributed by atoms with Crippen LogP contribution >= 0.6 is 12.2 Å². The minimum atomic E-state index is 0.209. The molecule has 1 amide bonds. The van der Waals surface area contributed by atoms with Gasteiger partial charge in [0.15, 0.2) is 4.77 Å². The topological polar surface area (TPSA) is 53.9 Å². The van der Waals surface area contributed by atoms with Gasteiger partial charge in [0.1, 0.15) is 5.82 Å². The number of aromatic amines is 1. The zero-order valence-electron chi connectivity index (χ0n) is 13.6. The van der Waals surface area contributed by atoms with Crippen LogP contribution in [0.5, 0.6) is 0 Å². The molecule has 1 aliphatic heterocycles. The molecule has 3 fully saturated rings. The van der Waals surface area contributed by atoms with Crippen LogP contribution in [-0.4, -0.2) is 38.7 Å². The second-order valence-corrected chi connectivity index (χ2v) is 7.65. The summed E-state index contributed by atoms with van der Waals surface area (Å²) in [7, 11) is 1.94. The molecular formula is C17H24N4OS. The van der Waals surface area contributed by atoms with Crippen LogP contribution in [0.15, 0.2) is 11.6 Å². The lowest BCUT2D eigenvalue weighted by Gasteiger charge is -2.31. The third-order valence-electron chi connectivity index (χ3n) is 5.40. The van der Waals surface area contributed by atoms with Crippen LogP contribution in [-0.2, 0) is 11.8 Å². The van der Waals surface area contributed by atoms with E-state index in [0.717, 1.165) is 31.8 Å². The van der Waals surface area contributed by atoms with E-state index < -0.39 is 0 Å². The van der Waals surface area contributed by atoms with Crippen molar-refractivity contribution in [3.63, 3.8) is 0 Å². The Hall–Kier alpha value is -1.43. The zero-order valence-corrected chi connectivity index (χ0v) is 14.4. The van der Waals surface area contributed by atoms with Gasteiger partial charge in [0, 0.05) is 32.1 Å². The summed E-state index contributed by atoms with van der Waals surface area (Å²) < 4.78 is 2.58. The molecule has 1 saturated heterocycles. The number of nitrogens with one attached hydrogen (secondary N) is 1. The summed E-state index contributed by atoms with van der Waals surface area (Å²) in [6.07, 6.45) is 9.20. The first-order chi connectivity index (χ1) is 11.1. The van der Waals surface area contributed by atoms with Crippen LogP contribution in [0.3, 0.4) is 0 Å². The smallest absolute Gasteiger partial charge is 0.246 e. The van der Waals surface area contributed by atoms with E-state index in [1.807, 2.05) is 22.6 Å². The summed E-state index contributed by atoms with van der Waals surface area (Å²) in [5.74, 6) is 2.88. The molecular weight excluding hydrogens is 308 g/mol. The molecule has 23 heavy (non-hydrogen) atoms. The lowest BCUT2D eigenvalue weighted by atomic mass is 9.96. The maximum atomic E-state index is 12.7. The number of hydrogen-bond acceptors (Lipinski definition) is 3. The van der Waals surface area contributed by atoms with E-state index in [-0.39, 0.29) is 11.8 Å². The molecule has 1 aromatic heterocycles. The molecule has 2 saturated carbocycles. The van der Waals surface area contributed by atoms with Crippen LogP contribution in [0.4, 0.5) is 0 Å². The second-order valence-electron chi connectivity index (χ2n) is 7.26. The number of aromatic nitrogens is 3. The van der Waals surface area contributed by atoms with Gasteiger partial charge in [0.05, 0.1) is 0 Å². The number of H-pyrrole nitrogens is 1. The lowest BCUT2D eigenvalue weighted by Crippen LogP contribution is -2.39. The van der Waals surface area contributed by atoms with E-state index in [1.54, 1.807) is 0 Å². The van der Waals surface area contributed by atoms with Gasteiger partial charge in [0.2, 0.25) is 5.91 Å². The summed E-state index contributed by atoms with van der Waals surface area (Å²) in [6, 6.07) is 0. The maximum absolute atomic E-state index is 12.7. The number of likely N-dealkylation sites (tertiary alicyclic amines) is 1. The quantitative estimate of drug-likeness (QED) is 0.681. The highest BCUT2D eigenvalue weighted by Crippen LogP contribution is 2.48. The third kappa shape index (κ3) is 3.13. The predicted molar refractivity (Wildman–Crippen MR) is 90.5 cm³/mol. The number of hydrogen-bond donors (Lipinski definition) is 1. The van der Waals surface area contributed by atoms with E-state index in [2.05, 4.69) is 10.2 Å². The van der Waals surface area contributed by atoms with Gasteiger partial charge < -0.3 is 9.47 Å². The minimum absolute atomic E-state index is 0.209. The molecule has 5 nitrogen and oxygen atoms in total. The van der Waals surface area contributed by atoms with Crippen molar-refractivity contribution < 1.29 is 4.79 Å². The third-order valence-corrected chi connectivity index (χ3v) is 5.77. The molecule has 0 spiro atoms. The van der Waals surface area contributed by atoms with Crippen molar-refractivity contribution in [1.29, 1.82) is 0 Å². The van der Waals surface area contributed by atoms with E-state index in [1.165, 1.54) is 31.3 Å². The van der Waals surface area contributed by atoms with E-state index >= 15 is 0 Å². The molecule has 0 bridgehead atoms. The van der Waals surface area contributed by atoms with Crippen molar-refractivity contribution in [2.75, 3.05) is 13.1 Å². The van der Waals surface area contributed by atoms with Gasteiger partial charge in [-0.2, -0.15) is 5.10 Å². The molecule has 1 N–H and O–H groups in total. The fourth-order valence-corrected chi connectivity index (χ4v) is 3.89. The zero-order chi connectivity index (χ0) is 16.0. The van der Waals surface area contributed by atoms with Crippen molar-refractivity contribution in [2.24, 2.45) is 18.9 Å². The van der Waals surface area contributed by atoms with Crippen molar-refractivity contribution in [3.05, 3.63) is 22.2 Å². The maximum Gasteiger partial charge on any atom is 0.246 e. The average Bonchev–Trinajstić information content (AvgIpc) is 3.46. The molecule has 3 aliphatic rings. The number of nitrogens with zero attached hydrogens (tertiary/aromatic N) is 3. The Balaban J connectivity index is 1.48. The Morgan fingerprint density at radius 3 is 2.52 bits per heavy atom. The van der Waals surface area contributed by atoms with Gasteiger partial charge >= 0.3 is 0 Å². The Morgan fingerprint density at radius 2 is 1.96 bits per heavy atom. The Labute approximate surface area is 141 Å². The Kier molecular flexibility index (Phi) is 3.87. The SMILES string of the molecule is Cn1c(C2CCCN(C(=O)C=C(C3CC3)C3CC3)C2)n[nH]c1=S. The van der Waals surface area contributed by atoms with Crippen molar-refractivity contribution in [2.45, 2.75) is 44.4 Å². The monoisotopic (exact) mass is 332 g/mol. The van der Waals surface area contributed by atoms with Crippen molar-refractivity contribution >= 4 is 18.1 Å². The molecule has 1 atom stereocenters. The highest BCUT2D eigenvalue weighted by Gasteiger charge is 2.37. The molecule has 1 aromatic rings. The van der Waals surface area contributed by atoms with Gasteiger partial charge in [-0.15, -0.1) is 0 Å². The summed E-state index contributed by atoms with van der Waals surface area (Å²) in [6.45, 7) is 1.62. The number of carbonyl (C=O) groups excluding carboxylic acids is 1. The summed E-state index contributed by atoms with van der Waals surface area (Å²) >= 11 is 5.21. The minimum Gasteiger partial charge on any atom is -0.338 e. The summed E-state index contributed by atoms with van der Waals surface area (Å²) in [4.78, 5) is 14.7. The normalized spacial score (nSPS) is 24.6. The van der Waals surface area contributed by atoms with Crippen molar-refractivity contribution in [1.82, 2.24) is 19.7 Å². The van der Waals surface area contributed by atoms with Gasteiger partial charge in [0.25, 0.3) is 0 Å². The number of carbonyl (C=O) groups is 1. The first-order valence-electron chi connectivity index (χ1n) is 8.75. The van der Waals surface area contributed by atoms with Gasteiger partial charge in [-0.1, -0.05) is 5.57 Å². The van der Waals surface area contributed by atoms with Crippen LogP contribution in [0.1, 0.15) is 50.3 Å². The number of rotatable bonds is 4. The molecule has 0 radical (unpaired) electrons. The second kappa shape index (κ2) is 5.89. The van der Waals surface area contributed by atoms with Crippen LogP contribution in [0.25, 0.3) is 0 Å². The highest BCUT2D eigenvalue weighted by molar-refractivity contribution is 7.71. The molecule has 1 unspecified atom stereocenters. The van der Waals surface area contributed by atoms with Crippen LogP contribution in [0, 0.1) is 16.6 Å². The molecule has 4 rings (SSSR count). The molecule has 6 heteroatoms. The fourth-order valence-electron chi connectivity index (χ4n) is 3.75. The summed E-state index contributed by atoms with van der Waals surface area (Å²) in [5, 5.41) is 7.22. The van der Waals surface area contributed by atoms with Crippen LogP contribution in [0.2, 0.25) is 0 Å². The lowest BCUT2D eigenvalue weighted by molar-refractivity contribution is -0.127. The number of allylic oxidation sites excluding steroid dienone is 1. The van der Waals surface area contributed by atoms with Gasteiger partial charge in [-0.25, -0.2) is 0 Å². The first kappa shape index (κ1) is 15.1. The highest BCUT2D eigenvalue weighted by atomic mass is 32.1.